The predicted molar refractivity (Wildman–Crippen MR) is 80.4 cm³/mol. The number of hydrogen-bond donors (Lipinski definition) is 2. The lowest BCUT2D eigenvalue weighted by Crippen LogP contribution is -2.31. The van der Waals surface area contributed by atoms with Gasteiger partial charge in [0.2, 0.25) is 5.91 Å². The lowest BCUT2D eigenvalue weighted by atomic mass is 9.87. The van der Waals surface area contributed by atoms with Gasteiger partial charge in [-0.15, -0.1) is 0 Å². The Hall–Kier alpha value is -1.55. The van der Waals surface area contributed by atoms with Crippen LogP contribution in [-0.2, 0) is 16.0 Å². The minimum Gasteiger partial charge on any atom is -0.399 e. The number of benzene rings is 1. The van der Waals surface area contributed by atoms with Crippen molar-refractivity contribution in [1.82, 2.24) is 5.32 Å². The van der Waals surface area contributed by atoms with Gasteiger partial charge in [-0.3, -0.25) is 4.79 Å². The molecular weight excluding hydrogens is 252 g/mol. The van der Waals surface area contributed by atoms with E-state index in [2.05, 4.69) is 5.32 Å². The van der Waals surface area contributed by atoms with E-state index in [1.165, 1.54) is 11.1 Å². The molecule has 0 fully saturated rings. The highest BCUT2D eigenvalue weighted by molar-refractivity contribution is 5.76. The molecule has 20 heavy (non-hydrogen) atoms. The third kappa shape index (κ3) is 3.97. The van der Waals surface area contributed by atoms with Crippen LogP contribution in [0.4, 0.5) is 5.69 Å². The van der Waals surface area contributed by atoms with E-state index in [1.54, 1.807) is 0 Å². The molecule has 4 heteroatoms. The first-order valence-electron chi connectivity index (χ1n) is 7.35. The summed E-state index contributed by atoms with van der Waals surface area (Å²) in [6, 6.07) is 6.09. The molecule has 0 bridgehead atoms. The van der Waals surface area contributed by atoms with Crippen LogP contribution in [0.5, 0.6) is 0 Å². The fourth-order valence-corrected chi connectivity index (χ4v) is 2.64. The Balaban J connectivity index is 1.93. The number of amides is 1. The van der Waals surface area contributed by atoms with Crippen LogP contribution in [0.1, 0.15) is 50.3 Å². The molecular formula is C16H24N2O2. The summed E-state index contributed by atoms with van der Waals surface area (Å²) in [5, 5.41) is 3.11. The number of rotatable bonds is 5. The third-order valence-electron chi connectivity index (χ3n) is 3.60. The molecule has 2 rings (SSSR count). The maximum Gasteiger partial charge on any atom is 0.222 e. The first-order valence-corrected chi connectivity index (χ1v) is 7.35. The highest BCUT2D eigenvalue weighted by atomic mass is 16.5. The van der Waals surface area contributed by atoms with Gasteiger partial charge in [0.15, 0.2) is 0 Å². The van der Waals surface area contributed by atoms with Gasteiger partial charge in [0.25, 0.3) is 0 Å². The van der Waals surface area contributed by atoms with Crippen molar-refractivity contribution in [3.05, 3.63) is 29.3 Å². The minimum absolute atomic E-state index is 0.0559. The van der Waals surface area contributed by atoms with Crippen molar-refractivity contribution in [1.29, 1.82) is 0 Å². The zero-order chi connectivity index (χ0) is 14.5. The molecule has 0 aromatic heterocycles. The standard InChI is InChI=1S/C16H24N2O2/c1-11(2)20-9-8-16(19)18-15-5-3-4-12-10-13(17)6-7-14(12)15/h6-7,10-11,15H,3-5,8-9,17H2,1-2H3,(H,18,19). The molecule has 0 aliphatic heterocycles. The van der Waals surface area contributed by atoms with Gasteiger partial charge < -0.3 is 15.8 Å². The smallest absolute Gasteiger partial charge is 0.222 e. The Morgan fingerprint density at radius 2 is 2.30 bits per heavy atom. The summed E-state index contributed by atoms with van der Waals surface area (Å²) in [4.78, 5) is 12.0. The lowest BCUT2D eigenvalue weighted by molar-refractivity contribution is -0.123. The van der Waals surface area contributed by atoms with Crippen molar-refractivity contribution in [2.24, 2.45) is 0 Å². The molecule has 0 spiro atoms. The van der Waals surface area contributed by atoms with E-state index in [-0.39, 0.29) is 18.1 Å². The maximum absolute atomic E-state index is 12.0. The number of carbonyl (C=O) groups is 1. The zero-order valence-electron chi connectivity index (χ0n) is 12.3. The average molecular weight is 276 g/mol. The molecule has 1 amide bonds. The molecule has 1 atom stereocenters. The summed E-state index contributed by atoms with van der Waals surface area (Å²) in [5.74, 6) is 0.0559. The largest absolute Gasteiger partial charge is 0.399 e. The molecule has 4 nitrogen and oxygen atoms in total. The predicted octanol–water partition coefficient (Wildman–Crippen LogP) is 2.58. The van der Waals surface area contributed by atoms with Crippen molar-refractivity contribution in [3.63, 3.8) is 0 Å². The van der Waals surface area contributed by atoms with Crippen LogP contribution in [0.15, 0.2) is 18.2 Å². The summed E-state index contributed by atoms with van der Waals surface area (Å²) >= 11 is 0. The summed E-state index contributed by atoms with van der Waals surface area (Å²) in [5.41, 5.74) is 9.09. The summed E-state index contributed by atoms with van der Waals surface area (Å²) in [7, 11) is 0. The summed E-state index contributed by atoms with van der Waals surface area (Å²) < 4.78 is 5.41. The summed E-state index contributed by atoms with van der Waals surface area (Å²) in [6.07, 6.45) is 3.71. The molecule has 0 saturated carbocycles. The highest BCUT2D eigenvalue weighted by Gasteiger charge is 2.21. The molecule has 1 aliphatic rings. The van der Waals surface area contributed by atoms with E-state index in [9.17, 15) is 4.79 Å². The number of nitrogen functional groups attached to an aromatic ring is 1. The van der Waals surface area contributed by atoms with E-state index in [4.69, 9.17) is 10.5 Å². The number of nitrogens with one attached hydrogen (secondary N) is 1. The van der Waals surface area contributed by atoms with E-state index >= 15 is 0 Å². The third-order valence-corrected chi connectivity index (χ3v) is 3.60. The van der Waals surface area contributed by atoms with Crippen LogP contribution in [-0.4, -0.2) is 18.6 Å². The molecule has 0 heterocycles. The van der Waals surface area contributed by atoms with Gasteiger partial charge >= 0.3 is 0 Å². The summed E-state index contributed by atoms with van der Waals surface area (Å²) in [6.45, 7) is 4.42. The maximum atomic E-state index is 12.0. The molecule has 3 N–H and O–H groups in total. The fourth-order valence-electron chi connectivity index (χ4n) is 2.64. The molecule has 0 radical (unpaired) electrons. The van der Waals surface area contributed by atoms with E-state index < -0.39 is 0 Å². The molecule has 110 valence electrons. The van der Waals surface area contributed by atoms with Gasteiger partial charge in [0.1, 0.15) is 0 Å². The SMILES string of the molecule is CC(C)OCCC(=O)NC1CCCc2cc(N)ccc21. The Morgan fingerprint density at radius 3 is 3.05 bits per heavy atom. The topological polar surface area (TPSA) is 64.3 Å². The van der Waals surface area contributed by atoms with Crippen molar-refractivity contribution >= 4 is 11.6 Å². The fraction of sp³-hybridized carbons (Fsp3) is 0.562. The molecule has 1 aliphatic carbocycles. The Kier molecular flexibility index (Phi) is 5.01. The normalized spacial score (nSPS) is 17.9. The van der Waals surface area contributed by atoms with Gasteiger partial charge in [0, 0.05) is 12.1 Å². The van der Waals surface area contributed by atoms with Gasteiger partial charge in [-0.2, -0.15) is 0 Å². The van der Waals surface area contributed by atoms with Crippen LogP contribution in [0.25, 0.3) is 0 Å². The van der Waals surface area contributed by atoms with E-state index in [0.29, 0.717) is 13.0 Å². The molecule has 1 unspecified atom stereocenters. The van der Waals surface area contributed by atoms with Crippen LogP contribution < -0.4 is 11.1 Å². The molecule has 0 saturated heterocycles. The Bertz CT molecular complexity index is 472. The second-order valence-corrected chi connectivity index (χ2v) is 5.64. The van der Waals surface area contributed by atoms with Gasteiger partial charge in [-0.1, -0.05) is 6.07 Å². The quantitative estimate of drug-likeness (QED) is 0.812. The first kappa shape index (κ1) is 14.9. The number of carbonyl (C=O) groups excluding carboxylic acids is 1. The van der Waals surface area contributed by atoms with Gasteiger partial charge in [0.05, 0.1) is 18.8 Å². The van der Waals surface area contributed by atoms with Crippen LogP contribution >= 0.6 is 0 Å². The molecule has 1 aromatic rings. The molecule has 1 aromatic carbocycles. The van der Waals surface area contributed by atoms with Gasteiger partial charge in [-0.05, 0) is 56.4 Å². The van der Waals surface area contributed by atoms with E-state index in [1.807, 2.05) is 32.0 Å². The first-order chi connectivity index (χ1) is 9.56. The number of fused-ring (bicyclic) bond motifs is 1. The van der Waals surface area contributed by atoms with Gasteiger partial charge in [-0.25, -0.2) is 0 Å². The van der Waals surface area contributed by atoms with Crippen molar-refractivity contribution in [3.8, 4) is 0 Å². The van der Waals surface area contributed by atoms with Crippen LogP contribution in [0.2, 0.25) is 0 Å². The monoisotopic (exact) mass is 276 g/mol. The average Bonchev–Trinajstić information content (AvgIpc) is 2.38. The number of aryl methyl sites for hydroxylation is 1. The van der Waals surface area contributed by atoms with Crippen molar-refractivity contribution < 1.29 is 9.53 Å². The van der Waals surface area contributed by atoms with Crippen molar-refractivity contribution in [2.45, 2.75) is 51.7 Å². The number of anilines is 1. The Labute approximate surface area is 120 Å². The minimum atomic E-state index is 0.0559. The Morgan fingerprint density at radius 1 is 1.50 bits per heavy atom. The number of nitrogens with two attached hydrogens (primary N) is 1. The lowest BCUT2D eigenvalue weighted by Gasteiger charge is -2.26. The highest BCUT2D eigenvalue weighted by Crippen LogP contribution is 2.30. The van der Waals surface area contributed by atoms with Crippen molar-refractivity contribution in [2.75, 3.05) is 12.3 Å². The number of hydrogen-bond acceptors (Lipinski definition) is 3. The van der Waals surface area contributed by atoms with Crippen LogP contribution in [0.3, 0.4) is 0 Å². The second kappa shape index (κ2) is 6.75. The second-order valence-electron chi connectivity index (χ2n) is 5.64. The van der Waals surface area contributed by atoms with Crippen LogP contribution in [0, 0.1) is 0 Å². The zero-order valence-corrected chi connectivity index (χ0v) is 12.3. The number of ether oxygens (including phenoxy) is 1. The van der Waals surface area contributed by atoms with E-state index in [0.717, 1.165) is 24.9 Å².